The predicted octanol–water partition coefficient (Wildman–Crippen LogP) is -0.806. The van der Waals surface area contributed by atoms with Gasteiger partial charge in [-0.2, -0.15) is 0 Å². The molecule has 1 saturated heterocycles. The van der Waals surface area contributed by atoms with Gasteiger partial charge in [0.05, 0.1) is 0 Å². The Kier molecular flexibility index (Phi) is 2.90. The predicted molar refractivity (Wildman–Crippen MR) is 45.7 cm³/mol. The van der Waals surface area contributed by atoms with Gasteiger partial charge in [-0.05, 0) is 6.92 Å². The molecule has 0 aliphatic carbocycles. The first-order chi connectivity index (χ1) is 6.52. The third-order valence-electron chi connectivity index (χ3n) is 1.81. The van der Waals surface area contributed by atoms with Crippen LogP contribution >= 0.6 is 0 Å². The molecule has 1 rings (SSSR count). The molecule has 1 fully saturated rings. The number of aliphatic carboxylic acids is 1. The number of nitrogens with one attached hydrogen (secondary N) is 2. The van der Waals surface area contributed by atoms with Crippen LogP contribution in [0.5, 0.6) is 0 Å². The van der Waals surface area contributed by atoms with E-state index in [1.807, 2.05) is 0 Å². The number of hydrogen-bond donors (Lipinski definition) is 3. The quantitative estimate of drug-likeness (QED) is 0.544. The van der Waals surface area contributed by atoms with E-state index in [9.17, 15) is 14.4 Å². The number of carbonyl (C=O) groups is 3. The maximum Gasteiger partial charge on any atom is 0.326 e. The van der Waals surface area contributed by atoms with E-state index >= 15 is 0 Å². The van der Waals surface area contributed by atoms with Crippen molar-refractivity contribution >= 4 is 18.0 Å². The van der Waals surface area contributed by atoms with Crippen molar-refractivity contribution in [3.8, 4) is 0 Å². The van der Waals surface area contributed by atoms with Crippen LogP contribution in [-0.2, 0) is 4.79 Å². The lowest BCUT2D eigenvalue weighted by Gasteiger charge is -2.15. The zero-order chi connectivity index (χ0) is 10.7. The summed E-state index contributed by atoms with van der Waals surface area (Å²) in [6.07, 6.45) is 0. The van der Waals surface area contributed by atoms with Crippen LogP contribution in [0.2, 0.25) is 0 Å². The van der Waals surface area contributed by atoms with E-state index in [1.54, 1.807) is 0 Å². The first-order valence-electron chi connectivity index (χ1n) is 4.11. The van der Waals surface area contributed by atoms with E-state index in [0.29, 0.717) is 6.54 Å². The molecule has 14 heavy (non-hydrogen) atoms. The first kappa shape index (κ1) is 10.3. The van der Waals surface area contributed by atoms with Crippen molar-refractivity contribution in [3.05, 3.63) is 0 Å². The van der Waals surface area contributed by atoms with Crippen molar-refractivity contribution in [3.63, 3.8) is 0 Å². The number of rotatable bonds is 2. The molecule has 0 aromatic carbocycles. The second-order valence-corrected chi connectivity index (χ2v) is 2.89. The van der Waals surface area contributed by atoms with Gasteiger partial charge in [-0.3, -0.25) is 4.79 Å². The Labute approximate surface area is 80.1 Å². The fourth-order valence-electron chi connectivity index (χ4n) is 0.990. The lowest BCUT2D eigenvalue weighted by atomic mass is 10.3. The Morgan fingerprint density at radius 2 is 2.29 bits per heavy atom. The van der Waals surface area contributed by atoms with Crippen molar-refractivity contribution in [2.45, 2.75) is 13.0 Å². The van der Waals surface area contributed by atoms with Crippen molar-refractivity contribution < 1.29 is 19.5 Å². The van der Waals surface area contributed by atoms with Gasteiger partial charge in [0.1, 0.15) is 6.04 Å². The molecule has 0 radical (unpaired) electrons. The molecule has 4 amide bonds. The summed E-state index contributed by atoms with van der Waals surface area (Å²) in [6, 6.07) is -2.19. The van der Waals surface area contributed by atoms with Crippen molar-refractivity contribution in [2.75, 3.05) is 13.1 Å². The van der Waals surface area contributed by atoms with E-state index in [4.69, 9.17) is 5.11 Å². The molecule has 1 aliphatic heterocycles. The SMILES string of the molecule is CC(NC(=O)N1CCNC1=O)C(=O)O. The topological polar surface area (TPSA) is 98.7 Å². The van der Waals surface area contributed by atoms with E-state index in [1.165, 1.54) is 6.92 Å². The van der Waals surface area contributed by atoms with Crippen molar-refractivity contribution in [2.24, 2.45) is 0 Å². The first-order valence-corrected chi connectivity index (χ1v) is 4.11. The minimum atomic E-state index is -1.14. The molecule has 1 aliphatic rings. The van der Waals surface area contributed by atoms with Crippen molar-refractivity contribution in [1.82, 2.24) is 15.5 Å². The molecule has 0 saturated carbocycles. The molecular formula is C7H11N3O4. The Morgan fingerprint density at radius 1 is 1.64 bits per heavy atom. The highest BCUT2D eigenvalue weighted by atomic mass is 16.4. The van der Waals surface area contributed by atoms with E-state index in [2.05, 4.69) is 10.6 Å². The molecule has 1 atom stereocenters. The summed E-state index contributed by atoms with van der Waals surface area (Å²) in [6.45, 7) is 1.99. The highest BCUT2D eigenvalue weighted by Crippen LogP contribution is 1.97. The molecule has 0 spiro atoms. The van der Waals surface area contributed by atoms with Crippen LogP contribution in [0.1, 0.15) is 6.92 Å². The molecule has 7 nitrogen and oxygen atoms in total. The number of amides is 4. The fraction of sp³-hybridized carbons (Fsp3) is 0.571. The van der Waals surface area contributed by atoms with Crippen LogP contribution in [0.25, 0.3) is 0 Å². The van der Waals surface area contributed by atoms with Crippen LogP contribution in [0.4, 0.5) is 9.59 Å². The van der Waals surface area contributed by atoms with Gasteiger partial charge in [-0.1, -0.05) is 0 Å². The molecular weight excluding hydrogens is 190 g/mol. The third kappa shape index (κ3) is 2.12. The molecule has 1 heterocycles. The summed E-state index contributed by atoms with van der Waals surface area (Å²) >= 11 is 0. The van der Waals surface area contributed by atoms with Gasteiger partial charge in [0.15, 0.2) is 0 Å². The summed E-state index contributed by atoms with van der Waals surface area (Å²) in [5, 5.41) is 13.1. The summed E-state index contributed by atoms with van der Waals surface area (Å²) in [4.78, 5) is 33.6. The Morgan fingerprint density at radius 3 is 2.71 bits per heavy atom. The minimum absolute atomic E-state index is 0.261. The number of carboxylic acids is 1. The maximum atomic E-state index is 11.3. The normalized spacial score (nSPS) is 17.5. The van der Waals surface area contributed by atoms with E-state index < -0.39 is 24.1 Å². The van der Waals surface area contributed by atoms with Gasteiger partial charge >= 0.3 is 18.0 Å². The zero-order valence-corrected chi connectivity index (χ0v) is 7.61. The summed E-state index contributed by atoms with van der Waals surface area (Å²) in [5.74, 6) is -1.14. The monoisotopic (exact) mass is 201 g/mol. The number of urea groups is 2. The highest BCUT2D eigenvalue weighted by Gasteiger charge is 2.27. The Hall–Kier alpha value is -1.79. The second-order valence-electron chi connectivity index (χ2n) is 2.89. The van der Waals surface area contributed by atoms with Crippen LogP contribution in [0, 0.1) is 0 Å². The van der Waals surface area contributed by atoms with Gasteiger partial charge < -0.3 is 15.7 Å². The van der Waals surface area contributed by atoms with E-state index in [-0.39, 0.29) is 6.54 Å². The van der Waals surface area contributed by atoms with Crippen LogP contribution < -0.4 is 10.6 Å². The van der Waals surface area contributed by atoms with Gasteiger partial charge in [0.25, 0.3) is 0 Å². The molecule has 3 N–H and O–H groups in total. The van der Waals surface area contributed by atoms with Crippen LogP contribution in [0.15, 0.2) is 0 Å². The largest absolute Gasteiger partial charge is 0.480 e. The number of carboxylic acid groups (broad SMARTS) is 1. The number of imide groups is 1. The lowest BCUT2D eigenvalue weighted by molar-refractivity contribution is -0.138. The summed E-state index contributed by atoms with van der Waals surface area (Å²) in [5.41, 5.74) is 0. The Balaban J connectivity index is 2.49. The van der Waals surface area contributed by atoms with Crippen molar-refractivity contribution in [1.29, 1.82) is 0 Å². The molecule has 0 bridgehead atoms. The average Bonchev–Trinajstić information content (AvgIpc) is 2.51. The zero-order valence-electron chi connectivity index (χ0n) is 7.61. The number of hydrogen-bond acceptors (Lipinski definition) is 3. The number of nitrogens with zero attached hydrogens (tertiary/aromatic N) is 1. The smallest absolute Gasteiger partial charge is 0.326 e. The molecule has 0 aromatic heterocycles. The fourth-order valence-corrected chi connectivity index (χ4v) is 0.990. The average molecular weight is 201 g/mol. The van der Waals surface area contributed by atoms with Crippen LogP contribution in [0.3, 0.4) is 0 Å². The van der Waals surface area contributed by atoms with E-state index in [0.717, 1.165) is 4.90 Å². The van der Waals surface area contributed by atoms with Gasteiger partial charge in [-0.25, -0.2) is 14.5 Å². The van der Waals surface area contributed by atoms with Gasteiger partial charge in [-0.15, -0.1) is 0 Å². The second kappa shape index (κ2) is 3.95. The maximum absolute atomic E-state index is 11.3. The van der Waals surface area contributed by atoms with Gasteiger partial charge in [0, 0.05) is 13.1 Å². The standard InChI is InChI=1S/C7H11N3O4/c1-4(5(11)12)9-7(14)10-3-2-8-6(10)13/h4H,2-3H2,1H3,(H,8,13)(H,9,14)(H,11,12). The Bertz CT molecular complexity index is 278. The molecule has 78 valence electrons. The van der Waals surface area contributed by atoms with Gasteiger partial charge in [0.2, 0.25) is 0 Å². The molecule has 0 aromatic rings. The molecule has 7 heteroatoms. The highest BCUT2D eigenvalue weighted by molar-refractivity contribution is 5.96. The lowest BCUT2D eigenvalue weighted by Crippen LogP contribution is -2.47. The third-order valence-corrected chi connectivity index (χ3v) is 1.81. The van der Waals surface area contributed by atoms with Crippen LogP contribution in [-0.4, -0.2) is 47.2 Å². The minimum Gasteiger partial charge on any atom is -0.480 e. The number of carbonyl (C=O) groups excluding carboxylic acids is 2. The molecule has 1 unspecified atom stereocenters. The summed E-state index contributed by atoms with van der Waals surface area (Å²) < 4.78 is 0. The summed E-state index contributed by atoms with van der Waals surface area (Å²) in [7, 11) is 0.